The minimum atomic E-state index is -0.657. The third-order valence-corrected chi connectivity index (χ3v) is 6.16. The molecule has 29 heavy (non-hydrogen) atoms. The average Bonchev–Trinajstić information content (AvgIpc) is 3.35. The second-order valence-corrected chi connectivity index (χ2v) is 9.46. The Bertz CT molecular complexity index is 833. The van der Waals surface area contributed by atoms with E-state index < -0.39 is 5.79 Å². The van der Waals surface area contributed by atoms with Gasteiger partial charge in [-0.15, -0.1) is 11.8 Å². The first-order chi connectivity index (χ1) is 13.9. The van der Waals surface area contributed by atoms with Crippen LogP contribution >= 0.6 is 35.0 Å². The van der Waals surface area contributed by atoms with Gasteiger partial charge in [0, 0.05) is 34.6 Å². The lowest BCUT2D eigenvalue weighted by Crippen LogP contribution is -2.37. The van der Waals surface area contributed by atoms with Gasteiger partial charge in [-0.2, -0.15) is 0 Å². The fraction of sp³-hybridized carbons (Fsp3) is 0.409. The van der Waals surface area contributed by atoms with Gasteiger partial charge in [0.1, 0.15) is 0 Å². The largest absolute Gasteiger partial charge is 0.345 e. The van der Waals surface area contributed by atoms with Gasteiger partial charge in [-0.25, -0.2) is 4.98 Å². The number of nitrogens with zero attached hydrogens (tertiary/aromatic N) is 2. The van der Waals surface area contributed by atoms with Crippen LogP contribution in [0.2, 0.25) is 5.02 Å². The van der Waals surface area contributed by atoms with Crippen molar-refractivity contribution in [3.05, 3.63) is 75.7 Å². The molecule has 0 amide bonds. The number of imidazole rings is 1. The molecule has 0 saturated carbocycles. The molecule has 1 aliphatic rings. The Morgan fingerprint density at radius 1 is 1.31 bits per heavy atom. The van der Waals surface area contributed by atoms with E-state index in [0.29, 0.717) is 13.2 Å². The predicted octanol–water partition coefficient (Wildman–Crippen LogP) is 6.06. The highest BCUT2D eigenvalue weighted by Gasteiger charge is 2.41. The normalized spacial score (nSPS) is 23.0. The van der Waals surface area contributed by atoms with E-state index in [2.05, 4.69) is 24.0 Å². The molecule has 0 radical (unpaired) electrons. The van der Waals surface area contributed by atoms with Crippen molar-refractivity contribution in [1.82, 2.24) is 9.55 Å². The van der Waals surface area contributed by atoms with E-state index in [1.165, 1.54) is 10.5 Å². The van der Waals surface area contributed by atoms with Gasteiger partial charge in [-0.1, -0.05) is 41.4 Å². The zero-order valence-electron chi connectivity index (χ0n) is 16.7. The summed E-state index contributed by atoms with van der Waals surface area (Å²) in [6.07, 6.45) is 11.1. The van der Waals surface area contributed by atoms with Gasteiger partial charge in [-0.3, -0.25) is 0 Å². The second-order valence-electron chi connectivity index (χ2n) is 7.16. The number of aryl methyl sites for hydroxylation is 1. The van der Waals surface area contributed by atoms with Gasteiger partial charge in [-0.05, 0) is 48.9 Å². The summed E-state index contributed by atoms with van der Waals surface area (Å²) >= 11 is 13.7. The summed E-state index contributed by atoms with van der Waals surface area (Å²) in [5, 5.41) is 1.52. The molecule has 3 rings (SSSR count). The van der Waals surface area contributed by atoms with Crippen LogP contribution in [0.25, 0.3) is 0 Å². The summed E-state index contributed by atoms with van der Waals surface area (Å²) in [6, 6.07) is 7.94. The van der Waals surface area contributed by atoms with E-state index >= 15 is 0 Å². The molecule has 1 aliphatic heterocycles. The van der Waals surface area contributed by atoms with Crippen molar-refractivity contribution in [2.24, 2.45) is 0 Å². The molecule has 0 spiro atoms. The monoisotopic (exact) mass is 452 g/mol. The van der Waals surface area contributed by atoms with Gasteiger partial charge < -0.3 is 14.0 Å². The summed E-state index contributed by atoms with van der Waals surface area (Å²) in [4.78, 5) is 5.34. The molecule has 1 aromatic heterocycles. The Morgan fingerprint density at radius 2 is 2.10 bits per heavy atom. The van der Waals surface area contributed by atoms with Crippen molar-refractivity contribution in [3.63, 3.8) is 0 Å². The van der Waals surface area contributed by atoms with Gasteiger partial charge in [0.25, 0.3) is 0 Å². The van der Waals surface area contributed by atoms with Crippen molar-refractivity contribution in [2.45, 2.75) is 45.1 Å². The molecular formula is C22H26Cl2N2O2S. The number of hydrogen-bond donors (Lipinski definition) is 0. The molecule has 4 nitrogen and oxygen atoms in total. The maximum atomic E-state index is 6.46. The first kappa shape index (κ1) is 22.4. The van der Waals surface area contributed by atoms with E-state index in [4.69, 9.17) is 32.7 Å². The van der Waals surface area contributed by atoms with Gasteiger partial charge in [0.15, 0.2) is 5.79 Å². The van der Waals surface area contributed by atoms with Crippen LogP contribution in [0.1, 0.15) is 25.8 Å². The van der Waals surface area contributed by atoms with Gasteiger partial charge in [0.05, 0.1) is 25.6 Å². The summed E-state index contributed by atoms with van der Waals surface area (Å²) in [7, 11) is 0. The fourth-order valence-corrected chi connectivity index (χ4v) is 4.11. The summed E-state index contributed by atoms with van der Waals surface area (Å²) in [6.45, 7) is 5.15. The number of benzene rings is 1. The number of hydrogen-bond acceptors (Lipinski definition) is 4. The van der Waals surface area contributed by atoms with E-state index in [1.807, 2.05) is 42.0 Å². The highest BCUT2D eigenvalue weighted by atomic mass is 35.5. The number of thioether (sulfide) groups is 1. The highest BCUT2D eigenvalue weighted by Crippen LogP contribution is 2.33. The van der Waals surface area contributed by atoms with E-state index in [9.17, 15) is 0 Å². The molecule has 1 aromatic carbocycles. The van der Waals surface area contributed by atoms with E-state index in [0.717, 1.165) is 28.6 Å². The molecular weight excluding hydrogens is 427 g/mol. The zero-order valence-corrected chi connectivity index (χ0v) is 19.0. The molecule has 0 bridgehead atoms. The Kier molecular flexibility index (Phi) is 8.27. The topological polar surface area (TPSA) is 36.3 Å². The van der Waals surface area contributed by atoms with Crippen molar-refractivity contribution < 1.29 is 9.47 Å². The second kappa shape index (κ2) is 10.7. The van der Waals surface area contributed by atoms with Crippen LogP contribution in [-0.2, 0) is 22.4 Å². The maximum Gasteiger partial charge on any atom is 0.187 e. The number of halogens is 2. The molecule has 1 saturated heterocycles. The van der Waals surface area contributed by atoms with Crippen molar-refractivity contribution in [1.29, 1.82) is 0 Å². The van der Waals surface area contributed by atoms with E-state index in [-0.39, 0.29) is 6.10 Å². The molecule has 7 heteroatoms. The quantitative estimate of drug-likeness (QED) is 0.433. The number of aromatic nitrogens is 2. The molecule has 1 fully saturated rings. The van der Waals surface area contributed by atoms with Crippen LogP contribution in [-0.4, -0.2) is 33.8 Å². The average molecular weight is 453 g/mol. The first-order valence-corrected chi connectivity index (χ1v) is 11.3. The smallest absolute Gasteiger partial charge is 0.187 e. The molecule has 0 N–H and O–H groups in total. The van der Waals surface area contributed by atoms with Crippen LogP contribution in [0.3, 0.4) is 0 Å². The zero-order chi connectivity index (χ0) is 20.7. The molecule has 2 heterocycles. The minimum absolute atomic E-state index is 0.0400. The molecule has 2 aromatic rings. The van der Waals surface area contributed by atoms with Crippen molar-refractivity contribution in [2.75, 3.05) is 12.4 Å². The fourth-order valence-electron chi connectivity index (χ4n) is 3.14. The van der Waals surface area contributed by atoms with Crippen LogP contribution in [0, 0.1) is 0 Å². The molecule has 2 atom stereocenters. The third-order valence-electron chi connectivity index (χ3n) is 4.65. The minimum Gasteiger partial charge on any atom is -0.345 e. The Balaban J connectivity index is 1.62. The first-order valence-electron chi connectivity index (χ1n) is 9.59. The Labute approximate surface area is 186 Å². The summed E-state index contributed by atoms with van der Waals surface area (Å²) in [5.41, 5.74) is 1.21. The van der Waals surface area contributed by atoms with Crippen molar-refractivity contribution in [3.8, 4) is 0 Å². The lowest BCUT2D eigenvalue weighted by atomic mass is 10.0. The third kappa shape index (κ3) is 7.19. The maximum absolute atomic E-state index is 6.46. The number of rotatable bonds is 9. The standard InChI is InChI=1S/C22H26Cl2N2O2S/c1-17(23)3-4-18(2)29-14-21-13-27-22(28-21,15-26-12-11-25-16-26)10-9-19-5-7-20(24)8-6-19/h3-8,11-12,16,21H,9-10,13-15H2,1-2H3/t21-,22+/m0/s1. The molecule has 156 valence electrons. The lowest BCUT2D eigenvalue weighted by molar-refractivity contribution is -0.180. The van der Waals surface area contributed by atoms with Crippen LogP contribution < -0.4 is 0 Å². The molecule has 0 aliphatic carbocycles. The van der Waals surface area contributed by atoms with Crippen LogP contribution in [0.5, 0.6) is 0 Å². The van der Waals surface area contributed by atoms with Crippen LogP contribution in [0.15, 0.2) is 65.1 Å². The summed E-state index contributed by atoms with van der Waals surface area (Å²) in [5.74, 6) is 0.180. The lowest BCUT2D eigenvalue weighted by Gasteiger charge is -2.28. The van der Waals surface area contributed by atoms with Crippen molar-refractivity contribution >= 4 is 35.0 Å². The molecule has 0 unspecified atom stereocenters. The van der Waals surface area contributed by atoms with Gasteiger partial charge >= 0.3 is 0 Å². The number of ether oxygens (including phenoxy) is 2. The van der Waals surface area contributed by atoms with E-state index in [1.54, 1.807) is 24.3 Å². The Hall–Kier alpha value is -1.24. The highest BCUT2D eigenvalue weighted by molar-refractivity contribution is 8.03. The summed E-state index contributed by atoms with van der Waals surface area (Å²) < 4.78 is 14.7. The predicted molar refractivity (Wildman–Crippen MR) is 121 cm³/mol. The van der Waals surface area contributed by atoms with Crippen LogP contribution in [0.4, 0.5) is 0 Å². The van der Waals surface area contributed by atoms with Gasteiger partial charge in [0.2, 0.25) is 0 Å². The number of allylic oxidation sites excluding steroid dienone is 4. The Morgan fingerprint density at radius 3 is 2.79 bits per heavy atom. The SMILES string of the molecule is CC(Cl)=CC=C(C)SC[C@@H]1CO[C@@](CCc2ccc(Cl)cc2)(Cn2ccnc2)O1.